The lowest BCUT2D eigenvalue weighted by atomic mass is 9.82. The molecule has 1 atom stereocenters. The zero-order valence-electron chi connectivity index (χ0n) is 12.9. The maximum absolute atomic E-state index is 11.4. The molecule has 0 spiro atoms. The molecule has 20 heavy (non-hydrogen) atoms. The van der Waals surface area contributed by atoms with Gasteiger partial charge in [0.15, 0.2) is 0 Å². The number of nitrogens with two attached hydrogens (primary N) is 1. The van der Waals surface area contributed by atoms with E-state index in [1.165, 1.54) is 0 Å². The first-order valence-electron chi connectivity index (χ1n) is 6.70. The average molecular weight is 299 g/mol. The Morgan fingerprint density at radius 1 is 1.20 bits per heavy atom. The summed E-state index contributed by atoms with van der Waals surface area (Å²) in [4.78, 5) is 0. The zero-order chi connectivity index (χ0) is 15.6. The highest BCUT2D eigenvalue weighted by atomic mass is 32.2. The molecule has 114 valence electrons. The van der Waals surface area contributed by atoms with Crippen molar-refractivity contribution in [1.82, 2.24) is 0 Å². The van der Waals surface area contributed by atoms with Gasteiger partial charge in [0.2, 0.25) is 10.0 Å². The lowest BCUT2D eigenvalue weighted by Crippen LogP contribution is -2.35. The fourth-order valence-corrected chi connectivity index (χ4v) is 3.20. The second kappa shape index (κ2) is 6.14. The third kappa shape index (κ3) is 5.13. The van der Waals surface area contributed by atoms with Crippen molar-refractivity contribution in [3.63, 3.8) is 0 Å². The number of hydrogen-bond acceptors (Lipinski definition) is 3. The summed E-state index contributed by atoms with van der Waals surface area (Å²) in [6.07, 6.45) is 0. The van der Waals surface area contributed by atoms with Crippen LogP contribution in [-0.4, -0.2) is 20.8 Å². The van der Waals surface area contributed by atoms with E-state index in [1.807, 2.05) is 52.8 Å². The number of para-hydroxylation sites is 1. The van der Waals surface area contributed by atoms with Crippen LogP contribution < -0.4 is 9.88 Å². The summed E-state index contributed by atoms with van der Waals surface area (Å²) in [6, 6.07) is 5.94. The van der Waals surface area contributed by atoms with E-state index in [0.717, 1.165) is 16.9 Å². The van der Waals surface area contributed by atoms with Crippen LogP contribution in [-0.2, 0) is 10.0 Å². The Bertz CT molecular complexity index is 539. The van der Waals surface area contributed by atoms with Gasteiger partial charge in [-0.15, -0.1) is 0 Å². The standard InChI is InChI=1S/C15H25NO3S/c1-11-7-6-8-12(2)14(11)19-9-13(15(3,4)5)10-20(16,17)18/h6-8,13H,9-10H2,1-5H3,(H2,16,17,18). The van der Waals surface area contributed by atoms with Gasteiger partial charge in [0.1, 0.15) is 5.75 Å². The van der Waals surface area contributed by atoms with Crippen molar-refractivity contribution in [2.75, 3.05) is 12.4 Å². The summed E-state index contributed by atoms with van der Waals surface area (Å²) in [6.45, 7) is 10.3. The summed E-state index contributed by atoms with van der Waals surface area (Å²) in [7, 11) is -3.51. The molecule has 1 rings (SSSR count). The van der Waals surface area contributed by atoms with Crippen LogP contribution in [0, 0.1) is 25.2 Å². The molecule has 1 aromatic rings. The first-order chi connectivity index (χ1) is 9.00. The molecule has 0 aromatic heterocycles. The van der Waals surface area contributed by atoms with Crippen molar-refractivity contribution < 1.29 is 13.2 Å². The fraction of sp³-hybridized carbons (Fsp3) is 0.600. The van der Waals surface area contributed by atoms with Gasteiger partial charge in [0.25, 0.3) is 0 Å². The lowest BCUT2D eigenvalue weighted by molar-refractivity contribution is 0.162. The van der Waals surface area contributed by atoms with Gasteiger partial charge in [-0.1, -0.05) is 39.0 Å². The molecule has 1 unspecified atom stereocenters. The topological polar surface area (TPSA) is 69.4 Å². The van der Waals surface area contributed by atoms with Gasteiger partial charge in [-0.25, -0.2) is 13.6 Å². The molecule has 5 heteroatoms. The predicted octanol–water partition coefficient (Wildman–Crippen LogP) is 2.63. The zero-order valence-corrected chi connectivity index (χ0v) is 13.8. The minimum atomic E-state index is -3.51. The lowest BCUT2D eigenvalue weighted by Gasteiger charge is -2.30. The molecule has 0 aliphatic heterocycles. The maximum Gasteiger partial charge on any atom is 0.209 e. The number of sulfonamides is 1. The average Bonchev–Trinajstić information content (AvgIpc) is 2.23. The predicted molar refractivity (Wildman–Crippen MR) is 82.3 cm³/mol. The van der Waals surface area contributed by atoms with E-state index < -0.39 is 10.0 Å². The fourth-order valence-electron chi connectivity index (χ4n) is 2.04. The molecule has 0 saturated heterocycles. The number of benzene rings is 1. The molecule has 0 heterocycles. The number of rotatable bonds is 5. The van der Waals surface area contributed by atoms with E-state index in [4.69, 9.17) is 9.88 Å². The monoisotopic (exact) mass is 299 g/mol. The van der Waals surface area contributed by atoms with Crippen molar-refractivity contribution in [3.05, 3.63) is 29.3 Å². The van der Waals surface area contributed by atoms with E-state index in [9.17, 15) is 8.42 Å². The summed E-state index contributed by atoms with van der Waals surface area (Å²) >= 11 is 0. The minimum absolute atomic E-state index is 0.0680. The molecule has 4 nitrogen and oxygen atoms in total. The van der Waals surface area contributed by atoms with Crippen molar-refractivity contribution in [2.24, 2.45) is 16.5 Å². The van der Waals surface area contributed by atoms with Crippen molar-refractivity contribution in [2.45, 2.75) is 34.6 Å². The van der Waals surface area contributed by atoms with Crippen LogP contribution in [0.15, 0.2) is 18.2 Å². The van der Waals surface area contributed by atoms with E-state index in [2.05, 4.69) is 0 Å². The minimum Gasteiger partial charge on any atom is -0.493 e. The first-order valence-corrected chi connectivity index (χ1v) is 8.42. The molecule has 0 amide bonds. The van der Waals surface area contributed by atoms with Gasteiger partial charge in [-0.05, 0) is 30.4 Å². The summed E-state index contributed by atoms with van der Waals surface area (Å²) < 4.78 is 28.6. The second-order valence-corrected chi connectivity index (χ2v) is 8.08. The summed E-state index contributed by atoms with van der Waals surface area (Å²) in [5.74, 6) is 0.606. The SMILES string of the molecule is Cc1cccc(C)c1OCC(CS(N)(=O)=O)C(C)(C)C. The van der Waals surface area contributed by atoms with E-state index in [1.54, 1.807) is 0 Å². The van der Waals surface area contributed by atoms with Crippen molar-refractivity contribution in [1.29, 1.82) is 0 Å². The quantitative estimate of drug-likeness (QED) is 0.908. The Morgan fingerprint density at radius 2 is 1.70 bits per heavy atom. The third-order valence-electron chi connectivity index (χ3n) is 3.50. The molecule has 1 aromatic carbocycles. The maximum atomic E-state index is 11.4. The van der Waals surface area contributed by atoms with E-state index >= 15 is 0 Å². The van der Waals surface area contributed by atoms with Crippen LogP contribution in [0.25, 0.3) is 0 Å². The van der Waals surface area contributed by atoms with Crippen LogP contribution >= 0.6 is 0 Å². The van der Waals surface area contributed by atoms with Crippen LogP contribution in [0.1, 0.15) is 31.9 Å². The van der Waals surface area contributed by atoms with Crippen molar-refractivity contribution >= 4 is 10.0 Å². The van der Waals surface area contributed by atoms with E-state index in [0.29, 0.717) is 6.61 Å². The Balaban J connectivity index is 2.87. The molecule has 0 aliphatic carbocycles. The van der Waals surface area contributed by atoms with Crippen molar-refractivity contribution in [3.8, 4) is 5.75 Å². The van der Waals surface area contributed by atoms with Crippen LogP contribution in [0.4, 0.5) is 0 Å². The number of hydrogen-bond donors (Lipinski definition) is 1. The molecular weight excluding hydrogens is 274 g/mol. The smallest absolute Gasteiger partial charge is 0.209 e. The van der Waals surface area contributed by atoms with Crippen LogP contribution in [0.3, 0.4) is 0 Å². The Kier molecular flexibility index (Phi) is 5.21. The Labute approximate surface area is 122 Å². The first kappa shape index (κ1) is 17.0. The van der Waals surface area contributed by atoms with Gasteiger partial charge in [0, 0.05) is 5.92 Å². The highest BCUT2D eigenvalue weighted by Crippen LogP contribution is 2.29. The molecule has 0 aliphatic rings. The largest absolute Gasteiger partial charge is 0.493 e. The van der Waals surface area contributed by atoms with Gasteiger partial charge in [0.05, 0.1) is 12.4 Å². The number of ether oxygens (including phenoxy) is 1. The molecule has 0 saturated carbocycles. The second-order valence-electron chi connectivity index (χ2n) is 6.42. The van der Waals surface area contributed by atoms with Gasteiger partial charge in [-0.2, -0.15) is 0 Å². The number of primary sulfonamides is 1. The summed E-state index contributed by atoms with van der Waals surface area (Å²) in [5.41, 5.74) is 1.91. The number of aryl methyl sites for hydroxylation is 2. The highest BCUT2D eigenvalue weighted by molar-refractivity contribution is 7.89. The van der Waals surface area contributed by atoms with Crippen LogP contribution in [0.5, 0.6) is 5.75 Å². The van der Waals surface area contributed by atoms with Gasteiger partial charge in [-0.3, -0.25) is 0 Å². The highest BCUT2D eigenvalue weighted by Gasteiger charge is 2.29. The molecule has 0 radical (unpaired) electrons. The Morgan fingerprint density at radius 3 is 2.10 bits per heavy atom. The third-order valence-corrected chi connectivity index (χ3v) is 4.36. The molecule has 2 N–H and O–H groups in total. The summed E-state index contributed by atoms with van der Waals surface area (Å²) in [5, 5.41) is 5.18. The van der Waals surface area contributed by atoms with Gasteiger partial charge < -0.3 is 4.74 Å². The van der Waals surface area contributed by atoms with Gasteiger partial charge >= 0.3 is 0 Å². The molecular formula is C15H25NO3S. The normalized spacial score (nSPS) is 14.1. The van der Waals surface area contributed by atoms with Crippen LogP contribution in [0.2, 0.25) is 0 Å². The molecule has 0 bridgehead atoms. The Hall–Kier alpha value is -1.07. The van der Waals surface area contributed by atoms with E-state index in [-0.39, 0.29) is 17.1 Å². The molecule has 0 fully saturated rings.